The highest BCUT2D eigenvalue weighted by Crippen LogP contribution is 2.32. The lowest BCUT2D eigenvalue weighted by Gasteiger charge is -2.11. The van der Waals surface area contributed by atoms with Crippen molar-refractivity contribution in [2.45, 2.75) is 9.79 Å². The quantitative estimate of drug-likeness (QED) is 0.441. The molecule has 0 aliphatic rings. The highest BCUT2D eigenvalue weighted by molar-refractivity contribution is 7.99. The van der Waals surface area contributed by atoms with Crippen molar-refractivity contribution in [3.05, 3.63) is 95.3 Å². The molecule has 0 saturated heterocycles. The van der Waals surface area contributed by atoms with Gasteiger partial charge in [-0.1, -0.05) is 48.2 Å². The molecule has 2 N–H and O–H groups in total. The molecule has 0 atom stereocenters. The summed E-state index contributed by atoms with van der Waals surface area (Å²) >= 11 is 1.22. The fourth-order valence-corrected chi connectivity index (χ4v) is 3.59. The third-order valence-corrected chi connectivity index (χ3v) is 5.25. The van der Waals surface area contributed by atoms with Crippen LogP contribution >= 0.6 is 11.8 Å². The van der Waals surface area contributed by atoms with Gasteiger partial charge in [-0.15, -0.1) is 0 Å². The van der Waals surface area contributed by atoms with Crippen molar-refractivity contribution in [1.82, 2.24) is 10.9 Å². The Kier molecular flexibility index (Phi) is 7.56. The smallest absolute Gasteiger partial charge is 0.339 e. The van der Waals surface area contributed by atoms with Crippen LogP contribution in [0.3, 0.4) is 0 Å². The minimum Gasteiger partial charge on any atom is -0.452 e. The summed E-state index contributed by atoms with van der Waals surface area (Å²) in [6, 6.07) is 20.9. The summed E-state index contributed by atoms with van der Waals surface area (Å²) in [5.41, 5.74) is 4.55. The van der Waals surface area contributed by atoms with Crippen molar-refractivity contribution in [1.29, 1.82) is 5.26 Å². The summed E-state index contributed by atoms with van der Waals surface area (Å²) in [5.74, 6) is -3.14. The number of carbonyl (C=O) groups is 3. The predicted octanol–water partition coefficient (Wildman–Crippen LogP) is 3.47. The molecular weight excluding hydrogens is 433 g/mol. The molecule has 3 aromatic carbocycles. The van der Waals surface area contributed by atoms with Crippen LogP contribution < -0.4 is 10.9 Å². The van der Waals surface area contributed by atoms with Gasteiger partial charge in [-0.25, -0.2) is 9.18 Å². The molecule has 0 fully saturated rings. The molecule has 3 rings (SSSR count). The number of ether oxygens (including phenoxy) is 1. The van der Waals surface area contributed by atoms with Gasteiger partial charge in [0, 0.05) is 9.79 Å². The van der Waals surface area contributed by atoms with Crippen molar-refractivity contribution in [3.63, 3.8) is 0 Å². The Hall–Kier alpha value is -4.16. The summed E-state index contributed by atoms with van der Waals surface area (Å²) in [6.07, 6.45) is 0. The van der Waals surface area contributed by atoms with E-state index in [0.29, 0.717) is 15.4 Å². The molecule has 0 saturated carbocycles. The molecule has 32 heavy (non-hydrogen) atoms. The lowest BCUT2D eigenvalue weighted by atomic mass is 10.2. The fourth-order valence-electron chi connectivity index (χ4n) is 2.57. The first-order valence-corrected chi connectivity index (χ1v) is 10.1. The molecule has 0 heterocycles. The zero-order valence-corrected chi connectivity index (χ0v) is 17.3. The van der Waals surface area contributed by atoms with Crippen LogP contribution in [0, 0.1) is 17.1 Å². The zero-order chi connectivity index (χ0) is 22.9. The lowest BCUT2D eigenvalue weighted by Crippen LogP contribution is -2.43. The second kappa shape index (κ2) is 10.7. The SMILES string of the molecule is N#Cc1ccccc1Sc1ccccc1C(=O)OCC(=O)NNC(=O)c1ccccc1F. The van der Waals surface area contributed by atoms with Crippen molar-refractivity contribution in [2.75, 3.05) is 6.61 Å². The number of nitriles is 1. The topological polar surface area (TPSA) is 108 Å². The molecule has 0 spiro atoms. The van der Waals surface area contributed by atoms with E-state index in [9.17, 15) is 24.0 Å². The van der Waals surface area contributed by atoms with E-state index in [1.165, 1.54) is 36.0 Å². The first kappa shape index (κ1) is 22.5. The summed E-state index contributed by atoms with van der Waals surface area (Å²) in [6.45, 7) is -0.663. The Morgan fingerprint density at radius 3 is 2.22 bits per heavy atom. The van der Waals surface area contributed by atoms with Crippen LogP contribution in [0.2, 0.25) is 0 Å². The Morgan fingerprint density at radius 1 is 0.875 bits per heavy atom. The third-order valence-electron chi connectivity index (χ3n) is 4.10. The van der Waals surface area contributed by atoms with Gasteiger partial charge in [-0.05, 0) is 36.4 Å². The van der Waals surface area contributed by atoms with E-state index in [1.54, 1.807) is 42.5 Å². The zero-order valence-electron chi connectivity index (χ0n) is 16.5. The maximum Gasteiger partial charge on any atom is 0.339 e. The molecule has 0 aliphatic carbocycles. The first-order chi connectivity index (χ1) is 15.5. The van der Waals surface area contributed by atoms with Gasteiger partial charge in [-0.3, -0.25) is 20.4 Å². The molecule has 0 radical (unpaired) electrons. The number of hydrogen-bond acceptors (Lipinski definition) is 6. The van der Waals surface area contributed by atoms with Crippen LogP contribution in [-0.2, 0) is 9.53 Å². The van der Waals surface area contributed by atoms with Crippen LogP contribution in [0.25, 0.3) is 0 Å². The molecule has 2 amide bonds. The highest BCUT2D eigenvalue weighted by atomic mass is 32.2. The Bertz CT molecular complexity index is 1210. The minimum absolute atomic E-state index is 0.216. The van der Waals surface area contributed by atoms with Crippen LogP contribution in [0.1, 0.15) is 26.3 Å². The maximum atomic E-state index is 13.6. The number of nitrogens with zero attached hydrogens (tertiary/aromatic N) is 1. The molecule has 3 aromatic rings. The average molecular weight is 449 g/mol. The standard InChI is InChI=1S/C23H16FN3O4S/c24-18-10-4-2-8-16(18)22(29)27-26-21(28)14-31-23(30)17-9-3-6-12-20(17)32-19-11-5-1-7-15(19)13-25/h1-12H,14H2,(H,26,28)(H,27,29). The number of nitrogens with one attached hydrogen (secondary N) is 2. The van der Waals surface area contributed by atoms with Crippen LogP contribution in [0.15, 0.2) is 82.6 Å². The monoisotopic (exact) mass is 449 g/mol. The predicted molar refractivity (Wildman–Crippen MR) is 114 cm³/mol. The average Bonchev–Trinajstić information content (AvgIpc) is 2.82. The van der Waals surface area contributed by atoms with Gasteiger partial charge in [0.05, 0.1) is 16.7 Å². The highest BCUT2D eigenvalue weighted by Gasteiger charge is 2.17. The normalized spacial score (nSPS) is 10.0. The maximum absolute atomic E-state index is 13.6. The molecule has 0 unspecified atom stereocenters. The molecular formula is C23H16FN3O4S. The molecule has 9 heteroatoms. The number of rotatable bonds is 6. The summed E-state index contributed by atoms with van der Waals surface area (Å²) in [7, 11) is 0. The van der Waals surface area contributed by atoms with Crippen molar-refractivity contribution in [2.24, 2.45) is 0 Å². The van der Waals surface area contributed by atoms with Crippen LogP contribution in [0.4, 0.5) is 4.39 Å². The Balaban J connectivity index is 1.58. The van der Waals surface area contributed by atoms with Crippen LogP contribution in [-0.4, -0.2) is 24.4 Å². The van der Waals surface area contributed by atoms with Crippen LogP contribution in [0.5, 0.6) is 0 Å². The fraction of sp³-hybridized carbons (Fsp3) is 0.0435. The third kappa shape index (κ3) is 5.71. The second-order valence-electron chi connectivity index (χ2n) is 6.26. The van der Waals surface area contributed by atoms with E-state index >= 15 is 0 Å². The number of hydrazine groups is 1. The van der Waals surface area contributed by atoms with Gasteiger partial charge in [0.1, 0.15) is 11.9 Å². The number of esters is 1. The van der Waals surface area contributed by atoms with Crippen molar-refractivity contribution < 1.29 is 23.5 Å². The van der Waals surface area contributed by atoms with Crippen molar-refractivity contribution in [3.8, 4) is 6.07 Å². The minimum atomic E-state index is -0.847. The van der Waals surface area contributed by atoms with E-state index in [2.05, 4.69) is 16.9 Å². The number of carbonyl (C=O) groups excluding carboxylic acids is 3. The summed E-state index contributed by atoms with van der Waals surface area (Å²) in [4.78, 5) is 37.5. The molecule has 160 valence electrons. The van der Waals surface area contributed by atoms with E-state index in [0.717, 1.165) is 6.07 Å². The number of benzene rings is 3. The van der Waals surface area contributed by atoms with E-state index < -0.39 is 30.2 Å². The van der Waals surface area contributed by atoms with Gasteiger partial charge in [0.2, 0.25) is 0 Å². The number of amides is 2. The van der Waals surface area contributed by atoms with Crippen molar-refractivity contribution >= 4 is 29.5 Å². The van der Waals surface area contributed by atoms with E-state index in [1.807, 2.05) is 0 Å². The molecule has 7 nitrogen and oxygen atoms in total. The molecule has 0 aliphatic heterocycles. The van der Waals surface area contributed by atoms with Gasteiger partial charge in [0.25, 0.3) is 11.8 Å². The first-order valence-electron chi connectivity index (χ1n) is 9.26. The van der Waals surface area contributed by atoms with Gasteiger partial charge < -0.3 is 4.74 Å². The van der Waals surface area contributed by atoms with E-state index in [4.69, 9.17) is 4.74 Å². The van der Waals surface area contributed by atoms with Gasteiger partial charge in [0.15, 0.2) is 6.61 Å². The Morgan fingerprint density at radius 2 is 1.50 bits per heavy atom. The second-order valence-corrected chi connectivity index (χ2v) is 7.35. The number of hydrogen-bond donors (Lipinski definition) is 2. The number of halogens is 1. The van der Waals surface area contributed by atoms with Gasteiger partial charge >= 0.3 is 5.97 Å². The summed E-state index contributed by atoms with van der Waals surface area (Å²) in [5, 5.41) is 9.25. The largest absolute Gasteiger partial charge is 0.452 e. The summed E-state index contributed by atoms with van der Waals surface area (Å²) < 4.78 is 18.6. The molecule has 0 bridgehead atoms. The lowest BCUT2D eigenvalue weighted by molar-refractivity contribution is -0.125. The molecule has 0 aromatic heterocycles. The Labute approximate surface area is 187 Å². The van der Waals surface area contributed by atoms with E-state index in [-0.39, 0.29) is 11.1 Å². The van der Waals surface area contributed by atoms with Gasteiger partial charge in [-0.2, -0.15) is 5.26 Å².